The number of nitrogens with zero attached hydrogens (tertiary/aromatic N) is 1. The van der Waals surface area contributed by atoms with Gasteiger partial charge in [0.2, 0.25) is 0 Å². The van der Waals surface area contributed by atoms with Crippen LogP contribution in [0.15, 0.2) is 30.3 Å². The third-order valence-corrected chi connectivity index (χ3v) is 2.76. The molecule has 1 aromatic heterocycles. The van der Waals surface area contributed by atoms with Crippen LogP contribution in [0, 0.1) is 0 Å². The molecule has 18 heavy (non-hydrogen) atoms. The minimum Gasteiger partial charge on any atom is -0.380 e. The lowest BCUT2D eigenvalue weighted by atomic mass is 10.2. The van der Waals surface area contributed by atoms with Gasteiger partial charge in [0.1, 0.15) is 5.69 Å². The zero-order valence-electron chi connectivity index (χ0n) is 10.00. The molecule has 0 atom stereocenters. The lowest BCUT2D eigenvalue weighted by Gasteiger charge is -2.12. The molecule has 0 saturated carbocycles. The second-order valence-corrected chi connectivity index (χ2v) is 3.93. The van der Waals surface area contributed by atoms with Crippen molar-refractivity contribution in [2.24, 2.45) is 0 Å². The minimum absolute atomic E-state index is 0.205. The maximum Gasteiger partial charge on any atom is 0.431 e. The molecule has 0 spiro atoms. The van der Waals surface area contributed by atoms with E-state index in [0.717, 1.165) is 0 Å². The molecule has 1 heterocycles. The number of ether oxygens (including phenoxy) is 1. The van der Waals surface area contributed by atoms with Gasteiger partial charge in [-0.1, -0.05) is 18.2 Å². The Balaban J connectivity index is 2.44. The van der Waals surface area contributed by atoms with E-state index in [1.807, 2.05) is 6.92 Å². The summed E-state index contributed by atoms with van der Waals surface area (Å²) in [5, 5.41) is 0.598. The van der Waals surface area contributed by atoms with Gasteiger partial charge in [0.25, 0.3) is 0 Å². The number of rotatable bonds is 4. The summed E-state index contributed by atoms with van der Waals surface area (Å²) >= 11 is 0. The van der Waals surface area contributed by atoms with Crippen molar-refractivity contribution in [3.05, 3.63) is 36.0 Å². The molecule has 0 unspecified atom stereocenters. The first-order valence-electron chi connectivity index (χ1n) is 5.77. The van der Waals surface area contributed by atoms with Crippen molar-refractivity contribution < 1.29 is 17.9 Å². The molecule has 0 aliphatic rings. The number of fused-ring (bicyclic) bond motifs is 1. The first-order valence-corrected chi connectivity index (χ1v) is 5.77. The zero-order valence-corrected chi connectivity index (χ0v) is 10.00. The fourth-order valence-electron chi connectivity index (χ4n) is 1.99. The Hall–Kier alpha value is -1.49. The maximum absolute atomic E-state index is 12.9. The molecule has 0 aliphatic carbocycles. The smallest absolute Gasteiger partial charge is 0.380 e. The Labute approximate surface area is 103 Å². The van der Waals surface area contributed by atoms with Crippen LogP contribution >= 0.6 is 0 Å². The van der Waals surface area contributed by atoms with Gasteiger partial charge in [-0.3, -0.25) is 0 Å². The Morgan fingerprint density at radius 3 is 2.61 bits per heavy atom. The minimum atomic E-state index is -4.34. The standard InChI is InChI=1S/C13H14F3NO/c1-2-18-8-7-17-11-6-4-3-5-10(11)9-12(17)13(14,15)16/h3-6,9H,2,7-8H2,1H3. The van der Waals surface area contributed by atoms with Gasteiger partial charge in [0, 0.05) is 24.1 Å². The van der Waals surface area contributed by atoms with Crippen LogP contribution < -0.4 is 0 Å². The third kappa shape index (κ3) is 2.51. The van der Waals surface area contributed by atoms with Crippen LogP contribution in [-0.4, -0.2) is 17.8 Å². The monoisotopic (exact) mass is 257 g/mol. The van der Waals surface area contributed by atoms with E-state index >= 15 is 0 Å². The zero-order chi connectivity index (χ0) is 13.2. The SMILES string of the molecule is CCOCCn1c(C(F)(F)F)cc2ccccc21. The van der Waals surface area contributed by atoms with Gasteiger partial charge in [-0.15, -0.1) is 0 Å². The Morgan fingerprint density at radius 2 is 1.94 bits per heavy atom. The average molecular weight is 257 g/mol. The molecular weight excluding hydrogens is 243 g/mol. The topological polar surface area (TPSA) is 14.2 Å². The third-order valence-electron chi connectivity index (χ3n) is 2.76. The van der Waals surface area contributed by atoms with Crippen molar-refractivity contribution in [1.29, 1.82) is 0 Å². The molecule has 0 fully saturated rings. The molecular formula is C13H14F3NO. The Bertz CT molecular complexity index is 531. The molecule has 2 nitrogen and oxygen atoms in total. The van der Waals surface area contributed by atoms with Gasteiger partial charge in [0.05, 0.1) is 6.61 Å². The summed E-state index contributed by atoms with van der Waals surface area (Å²) in [5.74, 6) is 0. The van der Waals surface area contributed by atoms with Crippen LogP contribution in [0.5, 0.6) is 0 Å². The number of para-hydroxylation sites is 1. The summed E-state index contributed by atoms with van der Waals surface area (Å²) in [5.41, 5.74) is -0.0343. The molecule has 5 heteroatoms. The summed E-state index contributed by atoms with van der Waals surface area (Å²) < 4.78 is 45.2. The van der Waals surface area contributed by atoms with E-state index in [9.17, 15) is 13.2 Å². The van der Waals surface area contributed by atoms with Crippen LogP contribution in [0.2, 0.25) is 0 Å². The summed E-state index contributed by atoms with van der Waals surface area (Å²) in [6.45, 7) is 2.80. The lowest BCUT2D eigenvalue weighted by Crippen LogP contribution is -2.16. The number of hydrogen-bond donors (Lipinski definition) is 0. The number of aromatic nitrogens is 1. The molecule has 0 N–H and O–H groups in total. The number of halogens is 3. The Morgan fingerprint density at radius 1 is 1.22 bits per heavy atom. The second-order valence-electron chi connectivity index (χ2n) is 3.93. The predicted octanol–water partition coefficient (Wildman–Crippen LogP) is 3.70. The van der Waals surface area contributed by atoms with Gasteiger partial charge < -0.3 is 9.30 Å². The van der Waals surface area contributed by atoms with Crippen molar-refractivity contribution in [1.82, 2.24) is 4.57 Å². The number of benzene rings is 1. The molecule has 2 rings (SSSR count). The normalized spacial score (nSPS) is 12.2. The first kappa shape index (κ1) is 13.0. The fraction of sp³-hybridized carbons (Fsp3) is 0.385. The van der Waals surface area contributed by atoms with Crippen LogP contribution in [0.1, 0.15) is 12.6 Å². The van der Waals surface area contributed by atoms with Gasteiger partial charge in [0.15, 0.2) is 0 Å². The molecule has 1 aromatic carbocycles. The molecule has 0 radical (unpaired) electrons. The van der Waals surface area contributed by atoms with E-state index in [1.54, 1.807) is 24.3 Å². The van der Waals surface area contributed by atoms with Crippen LogP contribution in [-0.2, 0) is 17.5 Å². The molecule has 2 aromatic rings. The molecule has 98 valence electrons. The van der Waals surface area contributed by atoms with E-state index < -0.39 is 11.9 Å². The summed E-state index contributed by atoms with van der Waals surface area (Å²) in [4.78, 5) is 0. The average Bonchev–Trinajstić information content (AvgIpc) is 2.69. The van der Waals surface area contributed by atoms with Gasteiger partial charge in [-0.05, 0) is 19.1 Å². The van der Waals surface area contributed by atoms with Crippen LogP contribution in [0.4, 0.5) is 13.2 Å². The van der Waals surface area contributed by atoms with E-state index in [0.29, 0.717) is 17.5 Å². The van der Waals surface area contributed by atoms with Crippen molar-refractivity contribution in [2.45, 2.75) is 19.6 Å². The van der Waals surface area contributed by atoms with Crippen LogP contribution in [0.3, 0.4) is 0 Å². The first-order chi connectivity index (χ1) is 8.54. The van der Waals surface area contributed by atoms with E-state index in [2.05, 4.69) is 0 Å². The fourth-order valence-corrected chi connectivity index (χ4v) is 1.99. The van der Waals surface area contributed by atoms with E-state index in [1.165, 1.54) is 10.6 Å². The maximum atomic E-state index is 12.9. The highest BCUT2D eigenvalue weighted by atomic mass is 19.4. The predicted molar refractivity (Wildman–Crippen MR) is 63.4 cm³/mol. The van der Waals surface area contributed by atoms with Crippen molar-refractivity contribution in [3.63, 3.8) is 0 Å². The number of alkyl halides is 3. The summed E-state index contributed by atoms with van der Waals surface area (Å²) in [6, 6.07) is 8.02. The van der Waals surface area contributed by atoms with Crippen molar-refractivity contribution in [3.8, 4) is 0 Å². The van der Waals surface area contributed by atoms with Crippen molar-refractivity contribution in [2.75, 3.05) is 13.2 Å². The Kier molecular flexibility index (Phi) is 3.61. The highest BCUT2D eigenvalue weighted by molar-refractivity contribution is 5.81. The highest BCUT2D eigenvalue weighted by Gasteiger charge is 2.35. The molecule has 0 bridgehead atoms. The largest absolute Gasteiger partial charge is 0.431 e. The second kappa shape index (κ2) is 5.02. The lowest BCUT2D eigenvalue weighted by molar-refractivity contribution is -0.143. The van der Waals surface area contributed by atoms with Gasteiger partial charge in [-0.25, -0.2) is 0 Å². The molecule has 0 saturated heterocycles. The molecule has 0 aliphatic heterocycles. The molecule has 0 amide bonds. The van der Waals surface area contributed by atoms with Crippen LogP contribution in [0.25, 0.3) is 10.9 Å². The quantitative estimate of drug-likeness (QED) is 0.762. The summed E-state index contributed by atoms with van der Waals surface area (Å²) in [7, 11) is 0. The number of hydrogen-bond acceptors (Lipinski definition) is 1. The van der Waals surface area contributed by atoms with Gasteiger partial charge >= 0.3 is 6.18 Å². The van der Waals surface area contributed by atoms with E-state index in [-0.39, 0.29) is 13.2 Å². The van der Waals surface area contributed by atoms with Gasteiger partial charge in [-0.2, -0.15) is 13.2 Å². The summed E-state index contributed by atoms with van der Waals surface area (Å²) in [6.07, 6.45) is -4.34. The highest BCUT2D eigenvalue weighted by Crippen LogP contribution is 2.33. The van der Waals surface area contributed by atoms with E-state index in [4.69, 9.17) is 4.74 Å². The van der Waals surface area contributed by atoms with Crippen molar-refractivity contribution >= 4 is 10.9 Å².